The van der Waals surface area contributed by atoms with Crippen molar-refractivity contribution in [3.63, 3.8) is 0 Å². The smallest absolute Gasteiger partial charge is 0.220 e. The van der Waals surface area contributed by atoms with Crippen molar-refractivity contribution in [2.75, 3.05) is 12.3 Å². The molecule has 1 amide bonds. The topological polar surface area (TPSA) is 63.2 Å². The summed E-state index contributed by atoms with van der Waals surface area (Å²) < 4.78 is 38.5. The van der Waals surface area contributed by atoms with E-state index in [9.17, 15) is 17.6 Å². The van der Waals surface area contributed by atoms with Gasteiger partial charge in [0.25, 0.3) is 0 Å². The Morgan fingerprint density at radius 2 is 1.84 bits per heavy atom. The predicted octanol–water partition coefficient (Wildman–Crippen LogP) is 3.50. The third-order valence-corrected chi connectivity index (χ3v) is 5.96. The van der Waals surface area contributed by atoms with Gasteiger partial charge in [0, 0.05) is 17.4 Å². The third kappa shape index (κ3) is 6.25. The minimum atomic E-state index is -3.33. The van der Waals surface area contributed by atoms with Gasteiger partial charge in [0.1, 0.15) is 5.82 Å². The van der Waals surface area contributed by atoms with Crippen LogP contribution in [0.1, 0.15) is 18.4 Å². The molecule has 2 rings (SSSR count). The molecule has 0 radical (unpaired) electrons. The fourth-order valence-electron chi connectivity index (χ4n) is 2.30. The minimum Gasteiger partial charge on any atom is -0.356 e. The fraction of sp³-hybridized carbons (Fsp3) is 0.278. The molecule has 0 atom stereocenters. The number of carbonyl (C=O) groups excluding carboxylic acids is 1. The van der Waals surface area contributed by atoms with Crippen molar-refractivity contribution in [3.8, 4) is 0 Å². The zero-order chi connectivity index (χ0) is 18.3. The van der Waals surface area contributed by atoms with E-state index in [1.165, 1.54) is 6.07 Å². The van der Waals surface area contributed by atoms with E-state index in [1.807, 2.05) is 0 Å². The maximum atomic E-state index is 13.7. The van der Waals surface area contributed by atoms with Gasteiger partial charge in [-0.1, -0.05) is 40.2 Å². The summed E-state index contributed by atoms with van der Waals surface area (Å²) >= 11 is 3.18. The molecule has 0 saturated carbocycles. The van der Waals surface area contributed by atoms with Crippen molar-refractivity contribution in [3.05, 3.63) is 64.4 Å². The van der Waals surface area contributed by atoms with E-state index < -0.39 is 9.84 Å². The summed E-state index contributed by atoms with van der Waals surface area (Å²) in [6.07, 6.45) is 0.785. The van der Waals surface area contributed by atoms with Crippen molar-refractivity contribution >= 4 is 31.7 Å². The molecule has 25 heavy (non-hydrogen) atoms. The summed E-state index contributed by atoms with van der Waals surface area (Å²) in [5.41, 5.74) is 0.477. The summed E-state index contributed by atoms with van der Waals surface area (Å²) in [5, 5.41) is 2.67. The normalized spacial score (nSPS) is 11.3. The van der Waals surface area contributed by atoms with E-state index in [0.29, 0.717) is 22.9 Å². The van der Waals surface area contributed by atoms with Gasteiger partial charge in [-0.15, -0.1) is 0 Å². The van der Waals surface area contributed by atoms with E-state index in [0.717, 1.165) is 0 Å². The molecular formula is C18H19BrFNO3S. The fourth-order valence-corrected chi connectivity index (χ4v) is 3.96. The number of benzene rings is 2. The minimum absolute atomic E-state index is 0.0291. The first-order valence-electron chi connectivity index (χ1n) is 7.87. The molecule has 7 heteroatoms. The Balaban J connectivity index is 1.72. The average molecular weight is 428 g/mol. The standard InChI is InChI=1S/C18H19BrFNO3S/c19-15-9-7-14(17(20)13-15)8-10-18(22)21-11-4-12-25(23,24)16-5-2-1-3-6-16/h1-3,5-7,9,13H,4,8,10-12H2,(H,21,22). The van der Waals surface area contributed by atoms with Crippen LogP contribution in [-0.2, 0) is 21.1 Å². The number of hydrogen-bond donors (Lipinski definition) is 1. The van der Waals surface area contributed by atoms with Crippen LogP contribution >= 0.6 is 15.9 Å². The highest BCUT2D eigenvalue weighted by Crippen LogP contribution is 2.16. The number of carbonyl (C=O) groups is 1. The van der Waals surface area contributed by atoms with Crippen molar-refractivity contribution in [2.24, 2.45) is 0 Å². The van der Waals surface area contributed by atoms with Gasteiger partial charge in [-0.05, 0) is 42.7 Å². The van der Waals surface area contributed by atoms with Crippen LogP contribution in [0.4, 0.5) is 4.39 Å². The Kier molecular flexibility index (Phi) is 7.13. The highest BCUT2D eigenvalue weighted by Gasteiger charge is 2.13. The second-order valence-corrected chi connectivity index (χ2v) is 8.60. The largest absolute Gasteiger partial charge is 0.356 e. The van der Waals surface area contributed by atoms with Crippen molar-refractivity contribution in [1.82, 2.24) is 5.32 Å². The molecule has 2 aromatic carbocycles. The first kappa shape index (κ1) is 19.6. The van der Waals surface area contributed by atoms with E-state index in [4.69, 9.17) is 0 Å². The van der Waals surface area contributed by atoms with Crippen LogP contribution in [-0.4, -0.2) is 26.6 Å². The Bertz CT molecular complexity index is 825. The summed E-state index contributed by atoms with van der Waals surface area (Å²) in [4.78, 5) is 12.1. The average Bonchev–Trinajstić information content (AvgIpc) is 2.59. The van der Waals surface area contributed by atoms with Crippen LogP contribution in [0.25, 0.3) is 0 Å². The van der Waals surface area contributed by atoms with Crippen LogP contribution in [0.3, 0.4) is 0 Å². The Labute approximate surface area is 155 Å². The van der Waals surface area contributed by atoms with Gasteiger partial charge in [0.05, 0.1) is 10.6 Å². The highest BCUT2D eigenvalue weighted by molar-refractivity contribution is 9.10. The zero-order valence-electron chi connectivity index (χ0n) is 13.5. The Morgan fingerprint density at radius 3 is 2.52 bits per heavy atom. The molecule has 0 aliphatic rings. The van der Waals surface area contributed by atoms with Crippen molar-refractivity contribution in [1.29, 1.82) is 0 Å². The van der Waals surface area contributed by atoms with E-state index in [-0.39, 0.29) is 35.3 Å². The second-order valence-electron chi connectivity index (χ2n) is 5.57. The molecule has 0 fully saturated rings. The summed E-state index contributed by atoms with van der Waals surface area (Å²) in [6, 6.07) is 13.0. The molecule has 0 saturated heterocycles. The monoisotopic (exact) mass is 427 g/mol. The lowest BCUT2D eigenvalue weighted by Gasteiger charge is -2.07. The van der Waals surface area contributed by atoms with Gasteiger partial charge in [-0.25, -0.2) is 12.8 Å². The van der Waals surface area contributed by atoms with Gasteiger partial charge < -0.3 is 5.32 Å². The Hall–Kier alpha value is -1.73. The lowest BCUT2D eigenvalue weighted by Crippen LogP contribution is -2.26. The zero-order valence-corrected chi connectivity index (χ0v) is 15.9. The molecule has 134 valence electrons. The number of sulfone groups is 1. The van der Waals surface area contributed by atoms with E-state index in [1.54, 1.807) is 42.5 Å². The van der Waals surface area contributed by atoms with Crippen molar-refractivity contribution in [2.45, 2.75) is 24.2 Å². The number of aryl methyl sites for hydroxylation is 1. The third-order valence-electron chi connectivity index (χ3n) is 3.65. The molecule has 0 bridgehead atoms. The van der Waals surface area contributed by atoms with Crippen LogP contribution in [0.15, 0.2) is 57.9 Å². The molecular weight excluding hydrogens is 409 g/mol. The first-order valence-corrected chi connectivity index (χ1v) is 10.3. The number of nitrogens with one attached hydrogen (secondary N) is 1. The second kappa shape index (κ2) is 9.10. The lowest BCUT2D eigenvalue weighted by molar-refractivity contribution is -0.121. The number of amides is 1. The molecule has 0 aromatic heterocycles. The van der Waals surface area contributed by atoms with Gasteiger partial charge in [0.2, 0.25) is 5.91 Å². The molecule has 0 aliphatic carbocycles. The van der Waals surface area contributed by atoms with E-state index >= 15 is 0 Å². The maximum absolute atomic E-state index is 13.7. The predicted molar refractivity (Wildman–Crippen MR) is 98.5 cm³/mol. The SMILES string of the molecule is O=C(CCc1ccc(Br)cc1F)NCCCS(=O)(=O)c1ccccc1. The quantitative estimate of drug-likeness (QED) is 0.655. The molecule has 0 heterocycles. The van der Waals surface area contributed by atoms with Crippen LogP contribution < -0.4 is 5.32 Å². The van der Waals surface area contributed by atoms with Crippen LogP contribution in [0, 0.1) is 5.82 Å². The molecule has 0 spiro atoms. The number of hydrogen-bond acceptors (Lipinski definition) is 3. The number of rotatable bonds is 8. The summed E-state index contributed by atoms with van der Waals surface area (Å²) in [5.74, 6) is -0.603. The van der Waals surface area contributed by atoms with Gasteiger partial charge in [-0.3, -0.25) is 4.79 Å². The van der Waals surface area contributed by atoms with Crippen molar-refractivity contribution < 1.29 is 17.6 Å². The highest BCUT2D eigenvalue weighted by atomic mass is 79.9. The van der Waals surface area contributed by atoms with Gasteiger partial charge in [-0.2, -0.15) is 0 Å². The molecule has 1 N–H and O–H groups in total. The number of halogens is 2. The summed E-state index contributed by atoms with van der Waals surface area (Å²) in [6.45, 7) is 0.272. The van der Waals surface area contributed by atoms with Gasteiger partial charge in [0.15, 0.2) is 9.84 Å². The van der Waals surface area contributed by atoms with Crippen LogP contribution in [0.5, 0.6) is 0 Å². The van der Waals surface area contributed by atoms with Crippen LogP contribution in [0.2, 0.25) is 0 Å². The lowest BCUT2D eigenvalue weighted by atomic mass is 10.1. The molecule has 0 aliphatic heterocycles. The Morgan fingerprint density at radius 1 is 1.12 bits per heavy atom. The van der Waals surface area contributed by atoms with E-state index in [2.05, 4.69) is 21.2 Å². The van der Waals surface area contributed by atoms with Gasteiger partial charge >= 0.3 is 0 Å². The molecule has 2 aromatic rings. The molecule has 4 nitrogen and oxygen atoms in total. The molecule has 0 unspecified atom stereocenters. The first-order chi connectivity index (χ1) is 11.9. The summed E-state index contributed by atoms with van der Waals surface area (Å²) in [7, 11) is -3.33. The maximum Gasteiger partial charge on any atom is 0.220 e.